The topological polar surface area (TPSA) is 59.5 Å². The van der Waals surface area contributed by atoms with Gasteiger partial charge in [0, 0.05) is 18.6 Å². The number of rotatable bonds is 2. The Kier molecular flexibility index (Phi) is 3.89. The summed E-state index contributed by atoms with van der Waals surface area (Å²) in [6.07, 6.45) is 4.66. The minimum atomic E-state index is -0.0659. The Morgan fingerprint density at radius 3 is 3.00 bits per heavy atom. The van der Waals surface area contributed by atoms with Crippen molar-refractivity contribution in [2.75, 3.05) is 6.54 Å². The first-order valence-electron chi connectivity index (χ1n) is 5.91. The molecular formula is C12H17BrN2O2. The van der Waals surface area contributed by atoms with Gasteiger partial charge in [-0.25, -0.2) is 0 Å². The van der Waals surface area contributed by atoms with Gasteiger partial charge in [-0.2, -0.15) is 0 Å². The van der Waals surface area contributed by atoms with E-state index in [0.29, 0.717) is 10.2 Å². The number of hydrogen-bond donors (Lipinski definition) is 1. The fourth-order valence-electron chi connectivity index (χ4n) is 2.33. The molecule has 2 rings (SSSR count). The van der Waals surface area contributed by atoms with Crippen LogP contribution in [0.2, 0.25) is 0 Å². The standard InChI is InChI=1S/C12H17BrN2O2/c1-8(14)10-4-2-3-6-15(10)12(16)11-9(13)5-7-17-11/h5,7-8,10H,2-4,6,14H2,1H3/t8-,10+/m1/s1. The maximum Gasteiger partial charge on any atom is 0.291 e. The second kappa shape index (κ2) is 5.23. The van der Waals surface area contributed by atoms with Gasteiger partial charge in [-0.15, -0.1) is 0 Å². The van der Waals surface area contributed by atoms with Crippen LogP contribution >= 0.6 is 15.9 Å². The largest absolute Gasteiger partial charge is 0.458 e. The second-order valence-corrected chi connectivity index (χ2v) is 5.37. The Labute approximate surface area is 109 Å². The maximum absolute atomic E-state index is 12.3. The molecule has 0 aromatic carbocycles. The summed E-state index contributed by atoms with van der Waals surface area (Å²) in [5.74, 6) is 0.307. The molecule has 1 fully saturated rings. The predicted molar refractivity (Wildman–Crippen MR) is 68.7 cm³/mol. The lowest BCUT2D eigenvalue weighted by atomic mass is 9.96. The van der Waals surface area contributed by atoms with Gasteiger partial charge in [0.1, 0.15) is 0 Å². The summed E-state index contributed by atoms with van der Waals surface area (Å²) in [7, 11) is 0. The molecule has 0 aliphatic carbocycles. The first-order valence-corrected chi connectivity index (χ1v) is 6.70. The van der Waals surface area contributed by atoms with Crippen LogP contribution in [0.25, 0.3) is 0 Å². The fourth-order valence-corrected chi connectivity index (χ4v) is 2.70. The van der Waals surface area contributed by atoms with Crippen LogP contribution in [0.5, 0.6) is 0 Å². The van der Waals surface area contributed by atoms with E-state index in [1.807, 2.05) is 11.8 Å². The molecule has 1 aromatic rings. The second-order valence-electron chi connectivity index (χ2n) is 4.52. The highest BCUT2D eigenvalue weighted by atomic mass is 79.9. The lowest BCUT2D eigenvalue weighted by Gasteiger charge is -2.37. The van der Waals surface area contributed by atoms with Crippen molar-refractivity contribution in [2.24, 2.45) is 5.73 Å². The molecule has 1 aromatic heterocycles. The zero-order chi connectivity index (χ0) is 12.4. The molecule has 5 heteroatoms. The summed E-state index contributed by atoms with van der Waals surface area (Å²) < 4.78 is 5.93. The molecule has 0 saturated carbocycles. The van der Waals surface area contributed by atoms with E-state index in [4.69, 9.17) is 10.2 Å². The minimum Gasteiger partial charge on any atom is -0.458 e. The molecule has 1 amide bonds. The van der Waals surface area contributed by atoms with Crippen molar-refractivity contribution in [3.63, 3.8) is 0 Å². The van der Waals surface area contributed by atoms with Crippen LogP contribution in [0.4, 0.5) is 0 Å². The summed E-state index contributed by atoms with van der Waals surface area (Å²) in [6.45, 7) is 2.71. The van der Waals surface area contributed by atoms with E-state index in [1.54, 1.807) is 6.07 Å². The van der Waals surface area contributed by atoms with Crippen molar-refractivity contribution in [1.82, 2.24) is 4.90 Å². The summed E-state index contributed by atoms with van der Waals surface area (Å²) in [6, 6.07) is 1.85. The molecule has 1 aliphatic rings. The SMILES string of the molecule is C[C@@H](N)[C@@H]1CCCCN1C(=O)c1occc1Br. The first-order chi connectivity index (χ1) is 8.11. The molecule has 4 nitrogen and oxygen atoms in total. The highest BCUT2D eigenvalue weighted by Gasteiger charge is 2.31. The summed E-state index contributed by atoms with van der Waals surface area (Å²) >= 11 is 3.32. The van der Waals surface area contributed by atoms with Crippen LogP contribution in [-0.2, 0) is 0 Å². The molecule has 0 bridgehead atoms. The van der Waals surface area contributed by atoms with Crippen LogP contribution < -0.4 is 5.73 Å². The van der Waals surface area contributed by atoms with Crippen LogP contribution in [-0.4, -0.2) is 29.4 Å². The van der Waals surface area contributed by atoms with Gasteiger partial charge in [0.2, 0.25) is 5.76 Å². The third-order valence-electron chi connectivity index (χ3n) is 3.23. The molecule has 1 aliphatic heterocycles. The number of carbonyl (C=O) groups is 1. The lowest BCUT2D eigenvalue weighted by Crippen LogP contribution is -2.51. The molecule has 0 unspecified atom stereocenters. The van der Waals surface area contributed by atoms with Gasteiger partial charge in [-0.05, 0) is 48.2 Å². The minimum absolute atomic E-state index is 0.00649. The van der Waals surface area contributed by atoms with Crippen molar-refractivity contribution in [3.05, 3.63) is 22.6 Å². The number of piperidine rings is 1. The Hall–Kier alpha value is -0.810. The molecule has 1 saturated heterocycles. The molecule has 2 N–H and O–H groups in total. The van der Waals surface area contributed by atoms with Gasteiger partial charge >= 0.3 is 0 Å². The first kappa shape index (κ1) is 12.6. The van der Waals surface area contributed by atoms with Crippen molar-refractivity contribution >= 4 is 21.8 Å². The highest BCUT2D eigenvalue weighted by Crippen LogP contribution is 2.25. The molecule has 0 spiro atoms. The van der Waals surface area contributed by atoms with Crippen LogP contribution in [0.3, 0.4) is 0 Å². The third-order valence-corrected chi connectivity index (χ3v) is 3.85. The zero-order valence-corrected chi connectivity index (χ0v) is 11.4. The van der Waals surface area contributed by atoms with Gasteiger partial charge in [-0.3, -0.25) is 4.79 Å². The van der Waals surface area contributed by atoms with E-state index < -0.39 is 0 Å². The van der Waals surface area contributed by atoms with Gasteiger partial charge in [0.25, 0.3) is 5.91 Å². The number of amides is 1. The number of carbonyl (C=O) groups excluding carboxylic acids is 1. The van der Waals surface area contributed by atoms with Crippen LogP contribution in [0.1, 0.15) is 36.7 Å². The lowest BCUT2D eigenvalue weighted by molar-refractivity contribution is 0.0550. The third kappa shape index (κ3) is 2.55. The Bertz CT molecular complexity index is 403. The zero-order valence-electron chi connectivity index (χ0n) is 9.86. The molecule has 2 heterocycles. The molecule has 17 heavy (non-hydrogen) atoms. The maximum atomic E-state index is 12.3. The number of nitrogens with zero attached hydrogens (tertiary/aromatic N) is 1. The van der Waals surface area contributed by atoms with E-state index in [1.165, 1.54) is 6.26 Å². The molecule has 2 atom stereocenters. The normalized spacial score (nSPS) is 22.5. The van der Waals surface area contributed by atoms with Gasteiger partial charge < -0.3 is 15.1 Å². The number of halogens is 1. The summed E-state index contributed by atoms with van der Waals surface area (Å²) in [4.78, 5) is 14.2. The number of furan rings is 1. The molecule has 0 radical (unpaired) electrons. The Morgan fingerprint density at radius 2 is 2.41 bits per heavy atom. The van der Waals surface area contributed by atoms with Gasteiger partial charge in [0.15, 0.2) is 0 Å². The summed E-state index contributed by atoms with van der Waals surface area (Å²) in [5.41, 5.74) is 5.95. The average Bonchev–Trinajstić information content (AvgIpc) is 2.74. The van der Waals surface area contributed by atoms with Gasteiger partial charge in [0.05, 0.1) is 10.7 Å². The molecular weight excluding hydrogens is 284 g/mol. The van der Waals surface area contributed by atoms with E-state index in [2.05, 4.69) is 15.9 Å². The van der Waals surface area contributed by atoms with Crippen LogP contribution in [0.15, 0.2) is 21.2 Å². The van der Waals surface area contributed by atoms with E-state index in [9.17, 15) is 4.79 Å². The number of nitrogens with two attached hydrogens (primary N) is 1. The highest BCUT2D eigenvalue weighted by molar-refractivity contribution is 9.10. The van der Waals surface area contributed by atoms with E-state index >= 15 is 0 Å². The number of hydrogen-bond acceptors (Lipinski definition) is 3. The van der Waals surface area contributed by atoms with Crippen molar-refractivity contribution in [3.8, 4) is 0 Å². The fraction of sp³-hybridized carbons (Fsp3) is 0.583. The van der Waals surface area contributed by atoms with Crippen molar-refractivity contribution in [1.29, 1.82) is 0 Å². The predicted octanol–water partition coefficient (Wildman–Crippen LogP) is 2.38. The van der Waals surface area contributed by atoms with Gasteiger partial charge in [-0.1, -0.05) is 0 Å². The van der Waals surface area contributed by atoms with E-state index in [-0.39, 0.29) is 18.0 Å². The van der Waals surface area contributed by atoms with E-state index in [0.717, 1.165) is 25.8 Å². The number of likely N-dealkylation sites (tertiary alicyclic amines) is 1. The quantitative estimate of drug-likeness (QED) is 0.912. The average molecular weight is 301 g/mol. The van der Waals surface area contributed by atoms with Crippen LogP contribution in [0, 0.1) is 0 Å². The summed E-state index contributed by atoms with van der Waals surface area (Å²) in [5, 5.41) is 0. The monoisotopic (exact) mass is 300 g/mol. The van der Waals surface area contributed by atoms with Crippen molar-refractivity contribution in [2.45, 2.75) is 38.3 Å². The molecule has 94 valence electrons. The smallest absolute Gasteiger partial charge is 0.291 e. The Balaban J connectivity index is 2.20. The Morgan fingerprint density at radius 1 is 1.65 bits per heavy atom. The van der Waals surface area contributed by atoms with Crippen molar-refractivity contribution < 1.29 is 9.21 Å².